The van der Waals surface area contributed by atoms with E-state index in [2.05, 4.69) is 12.2 Å². The number of carbonyl (C=O) groups is 2. The van der Waals surface area contributed by atoms with Crippen LogP contribution in [0.1, 0.15) is 51.9 Å². The van der Waals surface area contributed by atoms with Gasteiger partial charge in [-0.1, -0.05) is 13.3 Å². The van der Waals surface area contributed by atoms with E-state index in [9.17, 15) is 9.59 Å². The first kappa shape index (κ1) is 14.2. The van der Waals surface area contributed by atoms with Gasteiger partial charge >= 0.3 is 12.0 Å². The number of hydrogen-bond donors (Lipinski definition) is 2. The molecular formula is C14H24N2O3. The molecule has 108 valence electrons. The summed E-state index contributed by atoms with van der Waals surface area (Å²) in [5, 5.41) is 12.1. The molecule has 0 aromatic rings. The number of aliphatic carboxylic acids is 1. The average Bonchev–Trinajstić information content (AvgIpc) is 2.37. The third-order valence-electron chi connectivity index (χ3n) is 4.83. The predicted octanol–water partition coefficient (Wildman–Crippen LogP) is 2.22. The molecule has 2 N–H and O–H groups in total. The number of carbonyl (C=O) groups excluding carboxylic acids is 1. The maximum Gasteiger partial charge on any atom is 0.326 e. The van der Waals surface area contributed by atoms with Crippen molar-refractivity contribution in [2.24, 2.45) is 5.41 Å². The number of carboxylic acids is 1. The summed E-state index contributed by atoms with van der Waals surface area (Å²) in [5.74, 6) is -0.885. The Morgan fingerprint density at radius 1 is 1.32 bits per heavy atom. The molecule has 1 atom stereocenters. The first-order valence-corrected chi connectivity index (χ1v) is 7.35. The van der Waals surface area contributed by atoms with Crippen molar-refractivity contribution in [3.05, 3.63) is 0 Å². The first-order valence-electron chi connectivity index (χ1n) is 7.35. The summed E-state index contributed by atoms with van der Waals surface area (Å²) in [4.78, 5) is 24.8. The number of hydrogen-bond acceptors (Lipinski definition) is 2. The van der Waals surface area contributed by atoms with Crippen molar-refractivity contribution in [2.45, 2.75) is 57.9 Å². The number of urea groups is 1. The van der Waals surface area contributed by atoms with Crippen LogP contribution < -0.4 is 5.32 Å². The molecule has 2 fully saturated rings. The predicted molar refractivity (Wildman–Crippen MR) is 72.0 cm³/mol. The third kappa shape index (κ3) is 3.01. The first-order chi connectivity index (χ1) is 9.08. The van der Waals surface area contributed by atoms with E-state index in [1.54, 1.807) is 0 Å². The van der Waals surface area contributed by atoms with Crippen molar-refractivity contribution in [3.63, 3.8) is 0 Å². The molecule has 0 bridgehead atoms. The van der Waals surface area contributed by atoms with Crippen LogP contribution >= 0.6 is 0 Å². The van der Waals surface area contributed by atoms with Crippen LogP contribution in [0.2, 0.25) is 0 Å². The average molecular weight is 268 g/mol. The smallest absolute Gasteiger partial charge is 0.326 e. The minimum atomic E-state index is -0.885. The quantitative estimate of drug-likeness (QED) is 0.821. The van der Waals surface area contributed by atoms with Crippen LogP contribution in [0.4, 0.5) is 4.79 Å². The van der Waals surface area contributed by atoms with Gasteiger partial charge in [-0.3, -0.25) is 0 Å². The minimum absolute atomic E-state index is 0.202. The SMILES string of the molecule is CCC1(CNC(=O)N2CCCCC2C(=O)O)CCC1. The zero-order valence-corrected chi connectivity index (χ0v) is 11.7. The summed E-state index contributed by atoms with van der Waals surface area (Å²) in [7, 11) is 0. The summed E-state index contributed by atoms with van der Waals surface area (Å²) in [6, 6.07) is -0.848. The Kier molecular flexibility index (Phi) is 4.32. The molecule has 1 aliphatic heterocycles. The highest BCUT2D eigenvalue weighted by Gasteiger charge is 2.37. The van der Waals surface area contributed by atoms with Crippen LogP contribution in [0.5, 0.6) is 0 Å². The number of nitrogens with zero attached hydrogens (tertiary/aromatic N) is 1. The van der Waals surface area contributed by atoms with Crippen molar-refractivity contribution in [3.8, 4) is 0 Å². The second-order valence-electron chi connectivity index (χ2n) is 5.91. The molecule has 19 heavy (non-hydrogen) atoms. The lowest BCUT2D eigenvalue weighted by Gasteiger charge is -2.42. The lowest BCUT2D eigenvalue weighted by Crippen LogP contribution is -2.54. The van der Waals surface area contributed by atoms with Gasteiger partial charge in [-0.25, -0.2) is 9.59 Å². The molecular weight excluding hydrogens is 244 g/mol. The van der Waals surface area contributed by atoms with Crippen molar-refractivity contribution in [2.75, 3.05) is 13.1 Å². The van der Waals surface area contributed by atoms with E-state index in [4.69, 9.17) is 5.11 Å². The highest BCUT2D eigenvalue weighted by atomic mass is 16.4. The molecule has 5 nitrogen and oxygen atoms in total. The van der Waals surface area contributed by atoms with Crippen molar-refractivity contribution in [1.29, 1.82) is 0 Å². The molecule has 1 saturated carbocycles. The fourth-order valence-electron chi connectivity index (χ4n) is 3.13. The maximum atomic E-state index is 12.2. The number of nitrogens with one attached hydrogen (secondary N) is 1. The fourth-order valence-corrected chi connectivity index (χ4v) is 3.13. The van der Waals surface area contributed by atoms with E-state index in [0.717, 1.165) is 19.3 Å². The fraction of sp³-hybridized carbons (Fsp3) is 0.857. The summed E-state index contributed by atoms with van der Waals surface area (Å²) in [6.07, 6.45) is 7.02. The third-order valence-corrected chi connectivity index (χ3v) is 4.83. The molecule has 1 saturated heterocycles. The van der Waals surface area contributed by atoms with Gasteiger partial charge in [0.15, 0.2) is 0 Å². The molecule has 0 radical (unpaired) electrons. The molecule has 5 heteroatoms. The zero-order chi connectivity index (χ0) is 13.9. The van der Waals surface area contributed by atoms with Gasteiger partial charge < -0.3 is 15.3 Å². The molecule has 2 aliphatic rings. The zero-order valence-electron chi connectivity index (χ0n) is 11.7. The highest BCUT2D eigenvalue weighted by Crippen LogP contribution is 2.43. The van der Waals surface area contributed by atoms with Crippen molar-refractivity contribution < 1.29 is 14.7 Å². The standard InChI is InChI=1S/C14H24N2O3/c1-2-14(7-5-8-14)10-15-13(19)16-9-4-3-6-11(16)12(17)18/h11H,2-10H2,1H3,(H,15,19)(H,17,18). The van der Waals surface area contributed by atoms with E-state index in [-0.39, 0.29) is 11.4 Å². The van der Waals surface area contributed by atoms with E-state index in [1.165, 1.54) is 24.2 Å². The second-order valence-corrected chi connectivity index (χ2v) is 5.91. The summed E-state index contributed by atoms with van der Waals surface area (Å²) >= 11 is 0. The van der Waals surface area contributed by atoms with Gasteiger partial charge in [-0.2, -0.15) is 0 Å². The van der Waals surface area contributed by atoms with E-state index >= 15 is 0 Å². The number of carboxylic acid groups (broad SMARTS) is 1. The Labute approximate surface area is 114 Å². The van der Waals surface area contributed by atoms with Crippen LogP contribution in [-0.4, -0.2) is 41.1 Å². The van der Waals surface area contributed by atoms with Crippen molar-refractivity contribution >= 4 is 12.0 Å². The van der Waals surface area contributed by atoms with Crippen LogP contribution in [-0.2, 0) is 4.79 Å². The molecule has 0 spiro atoms. The molecule has 0 aromatic carbocycles. The largest absolute Gasteiger partial charge is 0.480 e. The van der Waals surface area contributed by atoms with E-state index < -0.39 is 12.0 Å². The summed E-state index contributed by atoms with van der Waals surface area (Å²) in [6.45, 7) is 3.40. The lowest BCUT2D eigenvalue weighted by atomic mass is 9.67. The van der Waals surface area contributed by atoms with Gasteiger partial charge in [0.1, 0.15) is 6.04 Å². The molecule has 2 amide bonds. The van der Waals surface area contributed by atoms with Crippen LogP contribution in [0.15, 0.2) is 0 Å². The normalized spacial score (nSPS) is 25.5. The maximum absolute atomic E-state index is 12.2. The van der Waals surface area contributed by atoms with Crippen LogP contribution in [0.25, 0.3) is 0 Å². The van der Waals surface area contributed by atoms with Crippen LogP contribution in [0, 0.1) is 5.41 Å². The molecule has 2 rings (SSSR count). The van der Waals surface area contributed by atoms with E-state index in [0.29, 0.717) is 19.5 Å². The van der Waals surface area contributed by atoms with E-state index in [1.807, 2.05) is 0 Å². The van der Waals surface area contributed by atoms with Gasteiger partial charge in [-0.15, -0.1) is 0 Å². The lowest BCUT2D eigenvalue weighted by molar-refractivity contribution is -0.143. The number of piperidine rings is 1. The highest BCUT2D eigenvalue weighted by molar-refractivity contribution is 5.82. The summed E-state index contributed by atoms with van der Waals surface area (Å²) in [5.41, 5.74) is 0.268. The number of rotatable bonds is 4. The van der Waals surface area contributed by atoms with Gasteiger partial charge in [0, 0.05) is 13.1 Å². The molecule has 1 unspecified atom stereocenters. The summed E-state index contributed by atoms with van der Waals surface area (Å²) < 4.78 is 0. The van der Waals surface area contributed by atoms with Gasteiger partial charge in [0.25, 0.3) is 0 Å². The Bertz CT molecular complexity index is 347. The number of amides is 2. The van der Waals surface area contributed by atoms with Gasteiger partial charge in [0.2, 0.25) is 0 Å². The van der Waals surface area contributed by atoms with Crippen LogP contribution in [0.3, 0.4) is 0 Å². The number of likely N-dealkylation sites (tertiary alicyclic amines) is 1. The second kappa shape index (κ2) is 5.80. The van der Waals surface area contributed by atoms with Gasteiger partial charge in [0.05, 0.1) is 0 Å². The van der Waals surface area contributed by atoms with Crippen molar-refractivity contribution in [1.82, 2.24) is 10.2 Å². The molecule has 1 aliphatic carbocycles. The Hall–Kier alpha value is -1.26. The molecule has 0 aromatic heterocycles. The Morgan fingerprint density at radius 2 is 2.05 bits per heavy atom. The minimum Gasteiger partial charge on any atom is -0.480 e. The monoisotopic (exact) mass is 268 g/mol. The Morgan fingerprint density at radius 3 is 2.58 bits per heavy atom. The van der Waals surface area contributed by atoms with Gasteiger partial charge in [-0.05, 0) is 43.9 Å². The molecule has 1 heterocycles. The topological polar surface area (TPSA) is 69.6 Å². The Balaban J connectivity index is 1.89.